The van der Waals surface area contributed by atoms with Gasteiger partial charge in [0.25, 0.3) is 10.0 Å². The molecule has 22 heavy (non-hydrogen) atoms. The van der Waals surface area contributed by atoms with Gasteiger partial charge in [-0.05, 0) is 12.1 Å². The van der Waals surface area contributed by atoms with Crippen molar-refractivity contribution in [2.24, 2.45) is 0 Å². The van der Waals surface area contributed by atoms with Crippen molar-refractivity contribution in [3.05, 3.63) is 30.1 Å². The first-order chi connectivity index (χ1) is 10.4. The fourth-order valence-corrected chi connectivity index (χ4v) is 3.04. The van der Waals surface area contributed by atoms with Gasteiger partial charge in [-0.3, -0.25) is 0 Å². The number of fused-ring (bicyclic) bond motifs is 1. The molecule has 0 bridgehead atoms. The van der Waals surface area contributed by atoms with Crippen LogP contribution in [-0.2, 0) is 14.8 Å². The summed E-state index contributed by atoms with van der Waals surface area (Å²) in [5.41, 5.74) is 0.667. The van der Waals surface area contributed by atoms with Gasteiger partial charge in [0.2, 0.25) is 0 Å². The molecule has 1 N–H and O–H groups in total. The lowest BCUT2D eigenvalue weighted by atomic mass is 10.1. The molecule has 0 unspecified atom stereocenters. The van der Waals surface area contributed by atoms with Crippen molar-refractivity contribution in [2.75, 3.05) is 25.5 Å². The normalized spacial score (nSPS) is 11.6. The number of sulfonamides is 1. The summed E-state index contributed by atoms with van der Waals surface area (Å²) in [5.74, 6) is -0.466. The number of aldehydes is 1. The van der Waals surface area contributed by atoms with Gasteiger partial charge in [-0.25, -0.2) is 22.5 Å². The molecule has 0 saturated heterocycles. The number of anilines is 1. The van der Waals surface area contributed by atoms with Crippen LogP contribution in [-0.4, -0.2) is 40.3 Å². The highest BCUT2D eigenvalue weighted by molar-refractivity contribution is 7.89. The standard InChI is InChI=1S/C14H16FN3O3S/c1-18(2)12-9-13(22(20,21)16-7-4-8-19)17-11-6-3-5-10(15)14(11)12/h3,5-6,8-9,16H,4,7H2,1-2H3. The van der Waals surface area contributed by atoms with E-state index in [9.17, 15) is 17.6 Å². The topological polar surface area (TPSA) is 79.4 Å². The predicted molar refractivity (Wildman–Crippen MR) is 81.9 cm³/mol. The SMILES string of the molecule is CN(C)c1cc(S(=O)(=O)NCCC=O)nc2cccc(F)c12. The first-order valence-corrected chi connectivity index (χ1v) is 8.05. The summed E-state index contributed by atoms with van der Waals surface area (Å²) in [7, 11) is -0.478. The highest BCUT2D eigenvalue weighted by Crippen LogP contribution is 2.29. The number of nitrogens with zero attached hydrogens (tertiary/aromatic N) is 2. The largest absolute Gasteiger partial charge is 0.377 e. The molecule has 8 heteroatoms. The van der Waals surface area contributed by atoms with Crippen LogP contribution in [0.25, 0.3) is 10.9 Å². The molecule has 1 heterocycles. The fourth-order valence-electron chi connectivity index (χ4n) is 2.02. The average molecular weight is 325 g/mol. The van der Waals surface area contributed by atoms with E-state index in [4.69, 9.17) is 0 Å². The van der Waals surface area contributed by atoms with Crippen molar-refractivity contribution in [3.8, 4) is 0 Å². The van der Waals surface area contributed by atoms with Crippen molar-refractivity contribution in [2.45, 2.75) is 11.4 Å². The summed E-state index contributed by atoms with van der Waals surface area (Å²) in [5, 5.41) is 0.0551. The molecule has 118 valence electrons. The van der Waals surface area contributed by atoms with Gasteiger partial charge in [0.05, 0.1) is 16.6 Å². The minimum atomic E-state index is -3.86. The molecule has 0 amide bonds. The van der Waals surface area contributed by atoms with Crippen LogP contribution in [0.5, 0.6) is 0 Å². The van der Waals surface area contributed by atoms with Crippen LogP contribution in [0.3, 0.4) is 0 Å². The van der Waals surface area contributed by atoms with Crippen LogP contribution >= 0.6 is 0 Å². The number of carbonyl (C=O) groups excluding carboxylic acids is 1. The van der Waals surface area contributed by atoms with Crippen LogP contribution in [0.1, 0.15) is 6.42 Å². The van der Waals surface area contributed by atoms with Crippen molar-refractivity contribution >= 4 is 32.9 Å². The van der Waals surface area contributed by atoms with Crippen LogP contribution in [0, 0.1) is 5.82 Å². The zero-order chi connectivity index (χ0) is 16.3. The molecule has 0 aliphatic rings. The predicted octanol–water partition coefficient (Wildman–Crippen LogP) is 1.31. The van der Waals surface area contributed by atoms with E-state index in [0.717, 1.165) is 0 Å². The molecule has 0 radical (unpaired) electrons. The number of pyridine rings is 1. The Morgan fingerprint density at radius 2 is 2.09 bits per heavy atom. The minimum absolute atomic E-state index is 0.00794. The van der Waals surface area contributed by atoms with Gasteiger partial charge in [0.15, 0.2) is 5.03 Å². The molecule has 2 aromatic rings. The van der Waals surface area contributed by atoms with E-state index < -0.39 is 15.8 Å². The Bertz CT molecular complexity index is 806. The zero-order valence-corrected chi connectivity index (χ0v) is 13.0. The van der Waals surface area contributed by atoms with Crippen molar-refractivity contribution in [1.82, 2.24) is 9.71 Å². The monoisotopic (exact) mass is 325 g/mol. The number of rotatable bonds is 6. The third-order valence-electron chi connectivity index (χ3n) is 3.05. The number of hydrogen-bond donors (Lipinski definition) is 1. The van der Waals surface area contributed by atoms with Gasteiger partial charge in [-0.2, -0.15) is 0 Å². The zero-order valence-electron chi connectivity index (χ0n) is 12.2. The van der Waals surface area contributed by atoms with E-state index in [2.05, 4.69) is 9.71 Å². The lowest BCUT2D eigenvalue weighted by Crippen LogP contribution is -2.26. The smallest absolute Gasteiger partial charge is 0.258 e. The van der Waals surface area contributed by atoms with Crippen molar-refractivity contribution in [1.29, 1.82) is 0 Å². The second kappa shape index (κ2) is 6.37. The van der Waals surface area contributed by atoms with Crippen molar-refractivity contribution in [3.63, 3.8) is 0 Å². The summed E-state index contributed by atoms with van der Waals surface area (Å²) in [4.78, 5) is 15.9. The molecular weight excluding hydrogens is 309 g/mol. The molecule has 0 aliphatic carbocycles. The van der Waals surface area contributed by atoms with Crippen LogP contribution in [0.2, 0.25) is 0 Å². The summed E-state index contributed by atoms with van der Waals surface area (Å²) in [6.07, 6.45) is 0.693. The summed E-state index contributed by atoms with van der Waals surface area (Å²) in [6.45, 7) is -0.00794. The lowest BCUT2D eigenvalue weighted by molar-refractivity contribution is -0.107. The van der Waals surface area contributed by atoms with Gasteiger partial charge >= 0.3 is 0 Å². The Hall–Kier alpha value is -2.06. The molecular formula is C14H16FN3O3S. The molecule has 0 spiro atoms. The summed E-state index contributed by atoms with van der Waals surface area (Å²) in [6, 6.07) is 5.64. The van der Waals surface area contributed by atoms with Gasteiger partial charge < -0.3 is 9.69 Å². The second-order valence-electron chi connectivity index (χ2n) is 4.86. The van der Waals surface area contributed by atoms with Crippen LogP contribution in [0.4, 0.5) is 10.1 Å². The maximum Gasteiger partial charge on any atom is 0.258 e. The van der Waals surface area contributed by atoms with Crippen LogP contribution in [0.15, 0.2) is 29.3 Å². The maximum absolute atomic E-state index is 14.0. The number of halogens is 1. The number of aromatic nitrogens is 1. The number of benzene rings is 1. The minimum Gasteiger partial charge on any atom is -0.377 e. The number of nitrogens with one attached hydrogen (secondary N) is 1. The van der Waals surface area contributed by atoms with E-state index in [0.29, 0.717) is 12.0 Å². The molecule has 0 atom stereocenters. The van der Waals surface area contributed by atoms with E-state index in [1.54, 1.807) is 25.1 Å². The molecule has 1 aromatic carbocycles. The summed E-state index contributed by atoms with van der Waals surface area (Å²) < 4.78 is 40.7. The average Bonchev–Trinajstić information content (AvgIpc) is 2.46. The highest BCUT2D eigenvalue weighted by atomic mass is 32.2. The van der Waals surface area contributed by atoms with Gasteiger partial charge in [0.1, 0.15) is 12.1 Å². The second-order valence-corrected chi connectivity index (χ2v) is 6.57. The Kier molecular flexibility index (Phi) is 4.72. The van der Waals surface area contributed by atoms with Crippen LogP contribution < -0.4 is 9.62 Å². The molecule has 6 nitrogen and oxygen atoms in total. The van der Waals surface area contributed by atoms with E-state index in [-0.39, 0.29) is 28.9 Å². The number of hydrogen-bond acceptors (Lipinski definition) is 5. The Morgan fingerprint density at radius 1 is 1.36 bits per heavy atom. The quantitative estimate of drug-likeness (QED) is 0.640. The molecule has 0 fully saturated rings. The third kappa shape index (κ3) is 3.23. The Labute approximate surface area is 128 Å². The third-order valence-corrected chi connectivity index (χ3v) is 4.39. The van der Waals surface area contributed by atoms with E-state index in [1.165, 1.54) is 18.2 Å². The van der Waals surface area contributed by atoms with E-state index >= 15 is 0 Å². The fraction of sp³-hybridized carbons (Fsp3) is 0.286. The molecule has 2 rings (SSSR count). The molecule has 0 aliphatic heterocycles. The summed E-state index contributed by atoms with van der Waals surface area (Å²) >= 11 is 0. The highest BCUT2D eigenvalue weighted by Gasteiger charge is 2.20. The first-order valence-electron chi connectivity index (χ1n) is 6.56. The van der Waals surface area contributed by atoms with Gasteiger partial charge in [-0.15, -0.1) is 0 Å². The van der Waals surface area contributed by atoms with Crippen molar-refractivity contribution < 1.29 is 17.6 Å². The van der Waals surface area contributed by atoms with E-state index in [1.807, 2.05) is 0 Å². The molecule has 0 saturated carbocycles. The number of carbonyl (C=O) groups is 1. The van der Waals surface area contributed by atoms with Gasteiger partial charge in [-0.1, -0.05) is 6.07 Å². The Morgan fingerprint density at radius 3 is 2.73 bits per heavy atom. The lowest BCUT2D eigenvalue weighted by Gasteiger charge is -2.17. The van der Waals surface area contributed by atoms with Gasteiger partial charge in [0, 0.05) is 33.1 Å². The molecule has 1 aromatic heterocycles. The maximum atomic E-state index is 14.0. The first kappa shape index (κ1) is 16.3. The Balaban J connectivity index is 2.59.